The number of pyridine rings is 1. The van der Waals surface area contributed by atoms with Crippen LogP contribution in [0.5, 0.6) is 0 Å². The summed E-state index contributed by atoms with van der Waals surface area (Å²) < 4.78 is 5.18. The number of nitro groups is 1. The average Bonchev–Trinajstić information content (AvgIpc) is 2.92. The van der Waals surface area contributed by atoms with Crippen molar-refractivity contribution in [3.63, 3.8) is 0 Å². The maximum Gasteiger partial charge on any atom is 0.337 e. The Bertz CT molecular complexity index is 639. The van der Waals surface area contributed by atoms with Gasteiger partial charge in [0.05, 0.1) is 22.8 Å². The first-order chi connectivity index (χ1) is 9.49. The second kappa shape index (κ2) is 5.39. The van der Waals surface area contributed by atoms with Gasteiger partial charge in [-0.1, -0.05) is 0 Å². The zero-order valence-electron chi connectivity index (χ0n) is 10.4. The van der Waals surface area contributed by atoms with Crippen LogP contribution in [-0.4, -0.2) is 21.0 Å². The van der Waals surface area contributed by atoms with Crippen molar-refractivity contribution in [3.05, 3.63) is 52.1 Å². The van der Waals surface area contributed by atoms with Crippen molar-refractivity contribution in [3.8, 4) is 0 Å². The van der Waals surface area contributed by atoms with E-state index in [1.165, 1.54) is 6.26 Å². The van der Waals surface area contributed by atoms with Gasteiger partial charge in [0.2, 0.25) is 5.82 Å². The third-order valence-corrected chi connectivity index (χ3v) is 2.63. The predicted octanol–water partition coefficient (Wildman–Crippen LogP) is 2.45. The van der Waals surface area contributed by atoms with Crippen LogP contribution in [0.25, 0.3) is 0 Å². The van der Waals surface area contributed by atoms with Crippen molar-refractivity contribution in [2.75, 3.05) is 5.32 Å². The highest BCUT2D eigenvalue weighted by Gasteiger charge is 2.21. The summed E-state index contributed by atoms with van der Waals surface area (Å²) in [7, 11) is 0. The zero-order valence-corrected chi connectivity index (χ0v) is 10.4. The van der Waals surface area contributed by atoms with E-state index in [0.29, 0.717) is 5.76 Å². The largest absolute Gasteiger partial charge is 0.478 e. The fraction of sp³-hybridized carbons (Fsp3) is 0.167. The van der Waals surface area contributed by atoms with E-state index in [0.717, 1.165) is 12.3 Å². The summed E-state index contributed by atoms with van der Waals surface area (Å²) in [5.74, 6) is -0.696. The van der Waals surface area contributed by atoms with Crippen LogP contribution in [-0.2, 0) is 0 Å². The number of nitrogens with one attached hydrogen (secondary N) is 1. The normalized spacial score (nSPS) is 11.8. The van der Waals surface area contributed by atoms with Gasteiger partial charge in [0, 0.05) is 12.3 Å². The van der Waals surface area contributed by atoms with Gasteiger partial charge >= 0.3 is 11.7 Å². The molecule has 20 heavy (non-hydrogen) atoms. The molecule has 2 rings (SSSR count). The van der Waals surface area contributed by atoms with E-state index in [9.17, 15) is 14.9 Å². The summed E-state index contributed by atoms with van der Waals surface area (Å²) in [5, 5.41) is 22.6. The third kappa shape index (κ3) is 2.74. The first kappa shape index (κ1) is 13.5. The standard InChI is InChI=1S/C12H11N3O5/c1-7(10-3-2-4-20-10)14-11-9(15(18)19)5-8(6-13-11)12(16)17/h2-7H,1H3,(H,13,14)(H,16,17). The average molecular weight is 277 g/mol. The quantitative estimate of drug-likeness (QED) is 0.636. The molecule has 8 nitrogen and oxygen atoms in total. The Morgan fingerprint density at radius 3 is 2.90 bits per heavy atom. The van der Waals surface area contributed by atoms with Crippen molar-refractivity contribution in [2.45, 2.75) is 13.0 Å². The molecule has 0 bridgehead atoms. The summed E-state index contributed by atoms with van der Waals surface area (Å²) in [6.45, 7) is 1.75. The van der Waals surface area contributed by atoms with E-state index in [1.54, 1.807) is 19.1 Å². The highest BCUT2D eigenvalue weighted by atomic mass is 16.6. The van der Waals surface area contributed by atoms with Gasteiger partial charge in [0.1, 0.15) is 5.76 Å². The molecule has 0 spiro atoms. The molecule has 0 radical (unpaired) electrons. The van der Waals surface area contributed by atoms with E-state index >= 15 is 0 Å². The summed E-state index contributed by atoms with van der Waals surface area (Å²) in [4.78, 5) is 24.9. The number of aromatic carboxylic acids is 1. The number of anilines is 1. The van der Waals surface area contributed by atoms with Crippen molar-refractivity contribution in [1.29, 1.82) is 0 Å². The summed E-state index contributed by atoms with van der Waals surface area (Å²) in [5.41, 5.74) is -0.642. The molecule has 1 unspecified atom stereocenters. The second-order valence-corrected chi connectivity index (χ2v) is 4.04. The summed E-state index contributed by atoms with van der Waals surface area (Å²) in [6.07, 6.45) is 2.55. The molecule has 104 valence electrons. The lowest BCUT2D eigenvalue weighted by Gasteiger charge is -2.12. The number of hydrogen-bond donors (Lipinski definition) is 2. The van der Waals surface area contributed by atoms with Gasteiger partial charge < -0.3 is 14.8 Å². The molecule has 0 saturated heterocycles. The number of carboxylic acid groups (broad SMARTS) is 1. The first-order valence-corrected chi connectivity index (χ1v) is 5.66. The number of hydrogen-bond acceptors (Lipinski definition) is 6. The predicted molar refractivity (Wildman–Crippen MR) is 68.6 cm³/mol. The molecule has 0 amide bonds. The fourth-order valence-corrected chi connectivity index (χ4v) is 1.63. The van der Waals surface area contributed by atoms with Gasteiger partial charge in [-0.3, -0.25) is 10.1 Å². The Labute approximate surface area is 113 Å². The van der Waals surface area contributed by atoms with E-state index in [1.807, 2.05) is 0 Å². The van der Waals surface area contributed by atoms with Crippen LogP contribution in [0.1, 0.15) is 29.1 Å². The number of carboxylic acids is 1. The highest BCUT2D eigenvalue weighted by molar-refractivity contribution is 5.88. The third-order valence-electron chi connectivity index (χ3n) is 2.63. The molecule has 0 saturated carbocycles. The minimum Gasteiger partial charge on any atom is -0.478 e. The lowest BCUT2D eigenvalue weighted by Crippen LogP contribution is -2.10. The Balaban J connectivity index is 2.31. The van der Waals surface area contributed by atoms with Crippen LogP contribution in [0.15, 0.2) is 35.1 Å². The Morgan fingerprint density at radius 2 is 2.35 bits per heavy atom. The van der Waals surface area contributed by atoms with Gasteiger partial charge in [-0.15, -0.1) is 0 Å². The van der Waals surface area contributed by atoms with E-state index < -0.39 is 16.6 Å². The van der Waals surface area contributed by atoms with Crippen LogP contribution < -0.4 is 5.32 Å². The Morgan fingerprint density at radius 1 is 1.60 bits per heavy atom. The SMILES string of the molecule is CC(Nc1ncc(C(=O)O)cc1[N+](=O)[O-])c1ccco1. The fourth-order valence-electron chi connectivity index (χ4n) is 1.63. The van der Waals surface area contributed by atoms with Crippen LogP contribution in [0, 0.1) is 10.1 Å². The van der Waals surface area contributed by atoms with E-state index in [-0.39, 0.29) is 17.4 Å². The zero-order chi connectivity index (χ0) is 14.7. The van der Waals surface area contributed by atoms with Crippen molar-refractivity contribution >= 4 is 17.5 Å². The minimum atomic E-state index is -1.27. The molecule has 0 aliphatic carbocycles. The van der Waals surface area contributed by atoms with Crippen molar-refractivity contribution < 1.29 is 19.2 Å². The molecule has 2 heterocycles. The van der Waals surface area contributed by atoms with E-state index in [2.05, 4.69) is 10.3 Å². The molecule has 2 N–H and O–H groups in total. The van der Waals surface area contributed by atoms with Crippen LogP contribution in [0.3, 0.4) is 0 Å². The molecule has 2 aromatic rings. The molecular weight excluding hydrogens is 266 g/mol. The second-order valence-electron chi connectivity index (χ2n) is 4.04. The molecule has 0 aliphatic rings. The molecule has 0 fully saturated rings. The number of carbonyl (C=O) groups is 1. The maximum absolute atomic E-state index is 11.0. The summed E-state index contributed by atoms with van der Waals surface area (Å²) in [6, 6.07) is 4.04. The smallest absolute Gasteiger partial charge is 0.337 e. The minimum absolute atomic E-state index is 0.0103. The molecule has 2 aromatic heterocycles. The van der Waals surface area contributed by atoms with Crippen molar-refractivity contribution in [1.82, 2.24) is 4.98 Å². The molecule has 8 heteroatoms. The van der Waals surface area contributed by atoms with Gasteiger partial charge in [0.15, 0.2) is 0 Å². The van der Waals surface area contributed by atoms with Crippen LogP contribution >= 0.6 is 0 Å². The first-order valence-electron chi connectivity index (χ1n) is 5.66. The van der Waals surface area contributed by atoms with Gasteiger partial charge in [-0.25, -0.2) is 9.78 Å². The molecule has 1 atom stereocenters. The maximum atomic E-state index is 11.0. The Kier molecular flexibility index (Phi) is 3.65. The lowest BCUT2D eigenvalue weighted by molar-refractivity contribution is -0.384. The van der Waals surface area contributed by atoms with E-state index in [4.69, 9.17) is 9.52 Å². The van der Waals surface area contributed by atoms with Gasteiger partial charge in [0.25, 0.3) is 0 Å². The molecule has 0 aromatic carbocycles. The monoisotopic (exact) mass is 277 g/mol. The molecular formula is C12H11N3O5. The molecule has 0 aliphatic heterocycles. The number of rotatable bonds is 5. The Hall–Kier alpha value is -2.90. The lowest BCUT2D eigenvalue weighted by atomic mass is 10.2. The number of aromatic nitrogens is 1. The van der Waals surface area contributed by atoms with Crippen LogP contribution in [0.4, 0.5) is 11.5 Å². The highest BCUT2D eigenvalue weighted by Crippen LogP contribution is 2.27. The number of furan rings is 1. The number of nitrogens with zero attached hydrogens (tertiary/aromatic N) is 2. The van der Waals surface area contributed by atoms with Gasteiger partial charge in [-0.05, 0) is 19.1 Å². The van der Waals surface area contributed by atoms with Crippen molar-refractivity contribution in [2.24, 2.45) is 0 Å². The van der Waals surface area contributed by atoms with Gasteiger partial charge in [-0.2, -0.15) is 0 Å². The summed E-state index contributed by atoms with van der Waals surface area (Å²) >= 11 is 0. The topological polar surface area (TPSA) is 119 Å². The van der Waals surface area contributed by atoms with Crippen LogP contribution in [0.2, 0.25) is 0 Å².